The number of carbonyl (C=O) groups excluding carboxylic acids is 4. The van der Waals surface area contributed by atoms with E-state index in [4.69, 9.17) is 21.7 Å². The van der Waals surface area contributed by atoms with Gasteiger partial charge in [-0.2, -0.15) is 12.6 Å². The monoisotopic (exact) mass is 497 g/mol. The van der Waals surface area contributed by atoms with Gasteiger partial charge in [0.25, 0.3) is 0 Å². The quantitative estimate of drug-likeness (QED) is 0.125. The molecule has 0 heterocycles. The van der Waals surface area contributed by atoms with Crippen LogP contribution < -0.4 is 27.4 Å². The fraction of sp³-hybridized carbons (Fsp3) is 0.400. The second-order valence-electron chi connectivity index (χ2n) is 7.27. The number of carboxylic acids is 2. The second-order valence-corrected chi connectivity index (χ2v) is 7.63. The number of benzene rings is 1. The maximum absolute atomic E-state index is 12.7. The molecule has 9 N–H and O–H groups in total. The van der Waals surface area contributed by atoms with Gasteiger partial charge in [0.1, 0.15) is 18.1 Å². The van der Waals surface area contributed by atoms with Gasteiger partial charge in [-0.3, -0.25) is 24.0 Å². The van der Waals surface area contributed by atoms with Crippen LogP contribution >= 0.6 is 12.6 Å². The van der Waals surface area contributed by atoms with E-state index in [0.717, 1.165) is 5.56 Å². The number of primary amides is 1. The minimum Gasteiger partial charge on any atom is -0.481 e. The average molecular weight is 498 g/mol. The highest BCUT2D eigenvalue weighted by Gasteiger charge is 2.31. The molecule has 0 aliphatic heterocycles. The molecule has 13 nitrogen and oxygen atoms in total. The predicted octanol–water partition coefficient (Wildman–Crippen LogP) is -2.62. The van der Waals surface area contributed by atoms with Gasteiger partial charge in [-0.1, -0.05) is 30.3 Å². The number of hydrogen-bond acceptors (Lipinski definition) is 8. The summed E-state index contributed by atoms with van der Waals surface area (Å²) in [7, 11) is 0. The van der Waals surface area contributed by atoms with Gasteiger partial charge in [0.05, 0.1) is 18.9 Å². The summed E-state index contributed by atoms with van der Waals surface area (Å²) in [4.78, 5) is 70.8. The summed E-state index contributed by atoms with van der Waals surface area (Å²) < 4.78 is 0. The molecule has 14 heteroatoms. The summed E-state index contributed by atoms with van der Waals surface area (Å²) >= 11 is 3.93. The van der Waals surface area contributed by atoms with E-state index < -0.39 is 72.6 Å². The standard InChI is InChI=1S/C20H27N5O8S/c21-11(6-10-4-2-1-3-5-10)17(29)23-12(7-15(22)26)18(30)25-14(9-34)19(31)24-13(20(32)33)8-16(27)28/h1-5,11-14,34H,6-9,21H2,(H2,22,26)(H,23,29)(H,24,31)(H,25,30)(H,27,28)(H,32,33). The third kappa shape index (κ3) is 9.87. The maximum atomic E-state index is 12.7. The highest BCUT2D eigenvalue weighted by atomic mass is 32.1. The van der Waals surface area contributed by atoms with Crippen LogP contribution in [0, 0.1) is 0 Å². The van der Waals surface area contributed by atoms with Crippen LogP contribution in [-0.4, -0.2) is 75.7 Å². The lowest BCUT2D eigenvalue weighted by molar-refractivity contribution is -0.147. The molecule has 0 saturated carbocycles. The van der Waals surface area contributed by atoms with Crippen molar-refractivity contribution >= 4 is 48.2 Å². The first-order valence-corrected chi connectivity index (χ1v) is 10.6. The number of amides is 4. The fourth-order valence-electron chi connectivity index (χ4n) is 2.76. The van der Waals surface area contributed by atoms with E-state index in [1.165, 1.54) is 0 Å². The number of nitrogens with one attached hydrogen (secondary N) is 3. The van der Waals surface area contributed by atoms with Crippen molar-refractivity contribution in [2.24, 2.45) is 11.5 Å². The molecule has 186 valence electrons. The molecular weight excluding hydrogens is 470 g/mol. The molecule has 1 aromatic carbocycles. The summed E-state index contributed by atoms with van der Waals surface area (Å²) in [5.41, 5.74) is 11.8. The van der Waals surface area contributed by atoms with Gasteiger partial charge >= 0.3 is 11.9 Å². The average Bonchev–Trinajstić information content (AvgIpc) is 2.76. The molecule has 0 fully saturated rings. The van der Waals surface area contributed by atoms with Gasteiger partial charge in [0, 0.05) is 5.75 Å². The van der Waals surface area contributed by atoms with Gasteiger partial charge in [-0.05, 0) is 12.0 Å². The topological polar surface area (TPSA) is 231 Å². The summed E-state index contributed by atoms with van der Waals surface area (Å²) in [5.74, 6) is -7.02. The summed E-state index contributed by atoms with van der Waals surface area (Å²) in [6, 6.07) is 3.14. The fourth-order valence-corrected chi connectivity index (χ4v) is 3.02. The van der Waals surface area contributed by atoms with Crippen molar-refractivity contribution < 1.29 is 39.0 Å². The number of rotatable bonds is 14. The van der Waals surface area contributed by atoms with Gasteiger partial charge in [-0.15, -0.1) is 0 Å². The molecule has 0 bridgehead atoms. The van der Waals surface area contributed by atoms with Crippen LogP contribution in [0.2, 0.25) is 0 Å². The van der Waals surface area contributed by atoms with E-state index in [1.807, 2.05) is 5.32 Å². The van der Waals surface area contributed by atoms with Crippen molar-refractivity contribution in [1.29, 1.82) is 0 Å². The number of carboxylic acid groups (broad SMARTS) is 2. The third-order valence-corrected chi connectivity index (χ3v) is 4.85. The van der Waals surface area contributed by atoms with Crippen molar-refractivity contribution in [1.82, 2.24) is 16.0 Å². The maximum Gasteiger partial charge on any atom is 0.326 e. The number of hydrogen-bond donors (Lipinski definition) is 8. The second kappa shape index (κ2) is 13.8. The lowest BCUT2D eigenvalue weighted by atomic mass is 10.1. The number of nitrogens with two attached hydrogens (primary N) is 2. The van der Waals surface area contributed by atoms with Gasteiger partial charge in [-0.25, -0.2) is 4.79 Å². The van der Waals surface area contributed by atoms with E-state index in [1.54, 1.807) is 30.3 Å². The Morgan fingerprint density at radius 3 is 1.85 bits per heavy atom. The Morgan fingerprint density at radius 2 is 1.35 bits per heavy atom. The Balaban J connectivity index is 2.86. The molecule has 4 amide bonds. The Kier molecular flexibility index (Phi) is 11.5. The molecule has 0 saturated heterocycles. The first-order valence-electron chi connectivity index (χ1n) is 9.99. The van der Waals surface area contributed by atoms with Gasteiger partial charge < -0.3 is 37.6 Å². The zero-order valence-corrected chi connectivity index (χ0v) is 18.9. The largest absolute Gasteiger partial charge is 0.481 e. The molecule has 0 spiro atoms. The predicted molar refractivity (Wildman–Crippen MR) is 121 cm³/mol. The number of aliphatic carboxylic acids is 2. The smallest absolute Gasteiger partial charge is 0.326 e. The normalized spacial score (nSPS) is 14.1. The van der Waals surface area contributed by atoms with E-state index in [0.29, 0.717) is 0 Å². The van der Waals surface area contributed by atoms with Crippen LogP contribution in [0.15, 0.2) is 30.3 Å². The Hall–Kier alpha value is -3.65. The van der Waals surface area contributed by atoms with Crippen LogP contribution in [0.4, 0.5) is 0 Å². The molecule has 0 aliphatic carbocycles. The van der Waals surface area contributed by atoms with Gasteiger partial charge in [0.2, 0.25) is 23.6 Å². The van der Waals surface area contributed by atoms with Crippen molar-refractivity contribution in [2.45, 2.75) is 43.4 Å². The van der Waals surface area contributed by atoms with Crippen LogP contribution in [0.5, 0.6) is 0 Å². The van der Waals surface area contributed by atoms with E-state index in [9.17, 15) is 28.8 Å². The SMILES string of the molecule is NC(=O)CC(NC(=O)C(N)Cc1ccccc1)C(=O)NC(CS)C(=O)NC(CC(=O)O)C(=O)O. The molecule has 4 unspecified atom stereocenters. The van der Waals surface area contributed by atoms with E-state index in [2.05, 4.69) is 23.3 Å². The summed E-state index contributed by atoms with van der Waals surface area (Å²) in [6.07, 6.45) is -1.35. The lowest BCUT2D eigenvalue weighted by Gasteiger charge is -2.23. The third-order valence-electron chi connectivity index (χ3n) is 4.48. The zero-order chi connectivity index (χ0) is 25.8. The number of thiol groups is 1. The Bertz CT molecular complexity index is 913. The highest BCUT2D eigenvalue weighted by molar-refractivity contribution is 7.80. The molecular formula is C20H27N5O8S. The van der Waals surface area contributed by atoms with Crippen LogP contribution in [0.25, 0.3) is 0 Å². The molecule has 34 heavy (non-hydrogen) atoms. The zero-order valence-electron chi connectivity index (χ0n) is 18.0. The lowest BCUT2D eigenvalue weighted by Crippen LogP contribution is -2.58. The van der Waals surface area contributed by atoms with Crippen molar-refractivity contribution in [3.8, 4) is 0 Å². The van der Waals surface area contributed by atoms with E-state index >= 15 is 0 Å². The summed E-state index contributed by atoms with van der Waals surface area (Å²) in [5, 5.41) is 24.4. The van der Waals surface area contributed by atoms with Crippen LogP contribution in [0.3, 0.4) is 0 Å². The minimum absolute atomic E-state index is 0.152. The molecule has 0 aromatic heterocycles. The van der Waals surface area contributed by atoms with Gasteiger partial charge in [0.15, 0.2) is 0 Å². The van der Waals surface area contributed by atoms with Crippen molar-refractivity contribution in [3.63, 3.8) is 0 Å². The molecule has 1 aromatic rings. The van der Waals surface area contributed by atoms with Crippen molar-refractivity contribution in [2.75, 3.05) is 5.75 Å². The highest BCUT2D eigenvalue weighted by Crippen LogP contribution is 2.04. The Morgan fingerprint density at radius 1 is 0.824 bits per heavy atom. The molecule has 1 rings (SSSR count). The summed E-state index contributed by atoms with van der Waals surface area (Å²) in [6.45, 7) is 0. The van der Waals surface area contributed by atoms with Crippen LogP contribution in [0.1, 0.15) is 18.4 Å². The van der Waals surface area contributed by atoms with Crippen molar-refractivity contribution in [3.05, 3.63) is 35.9 Å². The first-order chi connectivity index (χ1) is 15.9. The minimum atomic E-state index is -1.75. The molecule has 0 radical (unpaired) electrons. The Labute approximate surface area is 200 Å². The van der Waals surface area contributed by atoms with Crippen LogP contribution in [-0.2, 0) is 35.2 Å². The first kappa shape index (κ1) is 28.4. The number of carbonyl (C=O) groups is 6. The molecule has 4 atom stereocenters. The van der Waals surface area contributed by atoms with E-state index in [-0.39, 0.29) is 12.2 Å². The molecule has 0 aliphatic rings.